The molecule has 5 rings (SSSR count). The lowest BCUT2D eigenvalue weighted by atomic mass is 9.81. The number of carbonyl (C=O) groups excluding carboxylic acids is 2. The van der Waals surface area contributed by atoms with Gasteiger partial charge in [-0.1, -0.05) is 12.1 Å². The second-order valence-electron chi connectivity index (χ2n) is 8.86. The van der Waals surface area contributed by atoms with E-state index in [9.17, 15) is 14.7 Å². The number of aromatic nitrogens is 2. The van der Waals surface area contributed by atoms with E-state index < -0.39 is 11.5 Å². The third-order valence-electron chi connectivity index (χ3n) is 6.49. The number of ether oxygens (including phenoxy) is 1. The number of hydrogen-bond acceptors (Lipinski definition) is 8. The molecule has 2 amide bonds. The molecule has 0 unspecified atom stereocenters. The minimum absolute atomic E-state index is 0.0385. The van der Waals surface area contributed by atoms with E-state index in [4.69, 9.17) is 4.74 Å². The van der Waals surface area contributed by atoms with Crippen LogP contribution in [0.25, 0.3) is 10.9 Å². The number of nitrogens with one attached hydrogen (secondary N) is 3. The van der Waals surface area contributed by atoms with Gasteiger partial charge in [-0.05, 0) is 49.9 Å². The van der Waals surface area contributed by atoms with Gasteiger partial charge in [-0.3, -0.25) is 9.59 Å². The van der Waals surface area contributed by atoms with Gasteiger partial charge in [0.1, 0.15) is 11.4 Å². The van der Waals surface area contributed by atoms with Gasteiger partial charge in [-0.2, -0.15) is 0 Å². The molecule has 182 valence electrons. The molecule has 1 fully saturated rings. The van der Waals surface area contributed by atoms with Crippen molar-refractivity contribution >= 4 is 46.0 Å². The highest BCUT2D eigenvalue weighted by Crippen LogP contribution is 2.32. The zero-order valence-corrected chi connectivity index (χ0v) is 20.2. The minimum atomic E-state index is -1.44. The Kier molecular flexibility index (Phi) is 6.59. The van der Waals surface area contributed by atoms with Gasteiger partial charge in [0.25, 0.3) is 5.91 Å². The highest BCUT2D eigenvalue weighted by molar-refractivity contribution is 8.00. The van der Waals surface area contributed by atoms with Gasteiger partial charge < -0.3 is 25.8 Å². The van der Waals surface area contributed by atoms with Crippen LogP contribution in [-0.4, -0.2) is 51.4 Å². The molecule has 1 saturated carbocycles. The van der Waals surface area contributed by atoms with Crippen molar-refractivity contribution in [2.24, 2.45) is 0 Å². The Morgan fingerprint density at radius 1 is 1.20 bits per heavy atom. The number of para-hydroxylation sites is 1. The van der Waals surface area contributed by atoms with E-state index in [1.54, 1.807) is 19.2 Å². The normalized spacial score (nSPS) is 21.8. The third-order valence-corrected chi connectivity index (χ3v) is 7.54. The predicted molar refractivity (Wildman–Crippen MR) is 135 cm³/mol. The second-order valence-corrected chi connectivity index (χ2v) is 9.88. The molecule has 0 bridgehead atoms. The number of methoxy groups -OCH3 is 1. The Hall–Kier alpha value is -3.21. The molecular weight excluding hydrogens is 466 g/mol. The Balaban J connectivity index is 1.18. The molecule has 1 aliphatic heterocycles. The average Bonchev–Trinajstić information content (AvgIpc) is 2.88. The molecule has 0 saturated heterocycles. The van der Waals surface area contributed by atoms with E-state index in [2.05, 4.69) is 25.9 Å². The molecule has 0 atom stereocenters. The molecule has 1 aliphatic carbocycles. The van der Waals surface area contributed by atoms with Crippen LogP contribution in [0, 0.1) is 0 Å². The van der Waals surface area contributed by atoms with Gasteiger partial charge >= 0.3 is 0 Å². The molecule has 3 aromatic rings. The van der Waals surface area contributed by atoms with Crippen LogP contribution in [-0.2, 0) is 16.1 Å². The van der Waals surface area contributed by atoms with Crippen LogP contribution in [0.3, 0.4) is 0 Å². The quantitative estimate of drug-likeness (QED) is 0.413. The van der Waals surface area contributed by atoms with E-state index in [1.807, 2.05) is 30.3 Å². The maximum atomic E-state index is 13.0. The van der Waals surface area contributed by atoms with Crippen molar-refractivity contribution in [1.29, 1.82) is 0 Å². The van der Waals surface area contributed by atoms with Gasteiger partial charge in [0.15, 0.2) is 0 Å². The van der Waals surface area contributed by atoms with Gasteiger partial charge in [0.05, 0.1) is 34.7 Å². The summed E-state index contributed by atoms with van der Waals surface area (Å²) in [5.41, 5.74) is 0.559. The van der Waals surface area contributed by atoms with Crippen molar-refractivity contribution in [3.05, 3.63) is 48.2 Å². The fraction of sp³-hybridized carbons (Fsp3) is 0.360. The summed E-state index contributed by atoms with van der Waals surface area (Å²) in [7, 11) is 1.54. The Morgan fingerprint density at radius 2 is 2.03 bits per heavy atom. The maximum Gasteiger partial charge on any atom is 0.256 e. The second kappa shape index (κ2) is 9.80. The van der Waals surface area contributed by atoms with Crippen LogP contribution in [0.2, 0.25) is 0 Å². The largest absolute Gasteiger partial charge is 0.481 e. The molecule has 2 aromatic heterocycles. The van der Waals surface area contributed by atoms with Crippen molar-refractivity contribution < 1.29 is 19.4 Å². The van der Waals surface area contributed by atoms with Crippen molar-refractivity contribution in [1.82, 2.24) is 15.3 Å². The van der Waals surface area contributed by atoms with Crippen molar-refractivity contribution in [2.45, 2.75) is 48.8 Å². The molecule has 0 spiro atoms. The number of benzene rings is 1. The van der Waals surface area contributed by atoms with E-state index in [1.165, 1.54) is 11.8 Å². The monoisotopic (exact) mass is 493 g/mol. The molecule has 2 aliphatic rings. The van der Waals surface area contributed by atoms with Gasteiger partial charge in [-0.15, -0.1) is 11.8 Å². The number of rotatable bonds is 6. The summed E-state index contributed by atoms with van der Waals surface area (Å²) >= 11 is 1.49. The summed E-state index contributed by atoms with van der Waals surface area (Å²) in [6, 6.07) is 13.3. The van der Waals surface area contributed by atoms with Gasteiger partial charge in [0, 0.05) is 24.0 Å². The van der Waals surface area contributed by atoms with Crippen LogP contribution < -0.4 is 20.7 Å². The minimum Gasteiger partial charge on any atom is -0.481 e. The Labute approximate surface area is 207 Å². The number of anilines is 2. The molecule has 1 aromatic carbocycles. The lowest BCUT2D eigenvalue weighted by Crippen LogP contribution is -2.48. The Morgan fingerprint density at radius 3 is 2.83 bits per heavy atom. The topological polar surface area (TPSA) is 125 Å². The van der Waals surface area contributed by atoms with Gasteiger partial charge in [0.2, 0.25) is 11.8 Å². The summed E-state index contributed by atoms with van der Waals surface area (Å²) in [6.45, 7) is 0.548. The molecular formula is C25H27N5O4S. The highest BCUT2D eigenvalue weighted by Gasteiger charge is 2.40. The number of carbonyl (C=O) groups is 2. The molecule has 10 heteroatoms. The average molecular weight is 494 g/mol. The van der Waals surface area contributed by atoms with E-state index in [0.29, 0.717) is 60.9 Å². The molecule has 9 nitrogen and oxygen atoms in total. The molecule has 4 N–H and O–H groups in total. The van der Waals surface area contributed by atoms with E-state index >= 15 is 0 Å². The van der Waals surface area contributed by atoms with Crippen LogP contribution in [0.1, 0.15) is 31.4 Å². The number of fused-ring (bicyclic) bond motifs is 2. The summed E-state index contributed by atoms with van der Waals surface area (Å²) in [4.78, 5) is 34.6. The number of hydrogen-bond donors (Lipinski definition) is 4. The zero-order valence-electron chi connectivity index (χ0n) is 19.3. The van der Waals surface area contributed by atoms with Crippen LogP contribution in [0.5, 0.6) is 5.88 Å². The maximum absolute atomic E-state index is 13.0. The smallest absolute Gasteiger partial charge is 0.256 e. The SMILES string of the molecule is COc1ccc2cccc(NC(=O)C3(O)CCC(NCc4ccc5c(n4)NC(=O)CS5)CC3)c2n1. The number of aliphatic hydroxyl groups is 1. The number of amides is 2. The lowest BCUT2D eigenvalue weighted by molar-refractivity contribution is -0.137. The first kappa shape index (κ1) is 23.5. The fourth-order valence-corrected chi connectivity index (χ4v) is 5.22. The Bertz CT molecular complexity index is 1280. The summed E-state index contributed by atoms with van der Waals surface area (Å²) in [5, 5.41) is 21.1. The lowest BCUT2D eigenvalue weighted by Gasteiger charge is -2.35. The zero-order chi connectivity index (χ0) is 24.4. The van der Waals surface area contributed by atoms with Gasteiger partial charge in [-0.25, -0.2) is 9.97 Å². The first-order chi connectivity index (χ1) is 16.9. The third kappa shape index (κ3) is 5.09. The van der Waals surface area contributed by atoms with Crippen LogP contribution >= 0.6 is 11.8 Å². The van der Waals surface area contributed by atoms with Crippen molar-refractivity contribution in [3.63, 3.8) is 0 Å². The van der Waals surface area contributed by atoms with Crippen molar-refractivity contribution in [2.75, 3.05) is 23.5 Å². The number of pyridine rings is 2. The first-order valence-electron chi connectivity index (χ1n) is 11.6. The number of thioether (sulfide) groups is 1. The van der Waals surface area contributed by atoms with E-state index in [0.717, 1.165) is 16.0 Å². The fourth-order valence-electron chi connectivity index (χ4n) is 4.46. The van der Waals surface area contributed by atoms with Crippen LogP contribution in [0.15, 0.2) is 47.4 Å². The highest BCUT2D eigenvalue weighted by atomic mass is 32.2. The number of nitrogens with zero attached hydrogens (tertiary/aromatic N) is 2. The van der Waals surface area contributed by atoms with E-state index in [-0.39, 0.29) is 11.9 Å². The first-order valence-corrected chi connectivity index (χ1v) is 12.6. The standard InChI is InChI=1S/C25H27N5O4S/c1-34-21-8-5-15-3-2-4-18(22(15)30-21)28-24(32)25(33)11-9-16(10-12-25)26-13-17-6-7-19-23(27-17)29-20(31)14-35-19/h2-8,16,26,33H,9-14H2,1H3,(H,28,32)(H,27,29,31). The molecule has 35 heavy (non-hydrogen) atoms. The summed E-state index contributed by atoms with van der Waals surface area (Å²) < 4.78 is 5.21. The summed E-state index contributed by atoms with van der Waals surface area (Å²) in [6.07, 6.45) is 2.01. The predicted octanol–water partition coefficient (Wildman–Crippen LogP) is 3.08. The molecule has 3 heterocycles. The molecule has 0 radical (unpaired) electrons. The summed E-state index contributed by atoms with van der Waals surface area (Å²) in [5.74, 6) is 1.02. The van der Waals surface area contributed by atoms with Crippen molar-refractivity contribution in [3.8, 4) is 5.88 Å². The van der Waals surface area contributed by atoms with Crippen LogP contribution in [0.4, 0.5) is 11.5 Å².